The van der Waals surface area contributed by atoms with E-state index >= 15 is 0 Å². The summed E-state index contributed by atoms with van der Waals surface area (Å²) in [5.74, 6) is 0. The maximum Gasteiger partial charge on any atom is 0.273 e. The lowest BCUT2D eigenvalue weighted by Gasteiger charge is -2.20. The van der Waals surface area contributed by atoms with E-state index in [4.69, 9.17) is 0 Å². The molecular weight excluding hydrogens is 400 g/mol. The first-order valence-electron chi connectivity index (χ1n) is 6.30. The zero-order valence-corrected chi connectivity index (χ0v) is 14.6. The molecule has 110 valence electrons. The second-order valence-electron chi connectivity index (χ2n) is 4.69. The predicted molar refractivity (Wildman–Crippen MR) is 92.0 cm³/mol. The first kappa shape index (κ1) is 16.0. The molecule has 0 atom stereocenters. The Hall–Kier alpha value is -1.40. The molecule has 4 nitrogen and oxygen atoms in total. The van der Waals surface area contributed by atoms with Crippen molar-refractivity contribution in [1.29, 1.82) is 0 Å². The fourth-order valence-corrected chi connectivity index (χ4v) is 2.76. The van der Waals surface area contributed by atoms with Gasteiger partial charge in [0, 0.05) is 40.7 Å². The third kappa shape index (κ3) is 4.04. The molecule has 0 bridgehead atoms. The lowest BCUT2D eigenvalue weighted by atomic mass is 10.1. The monoisotopic (exact) mass is 412 g/mol. The lowest BCUT2D eigenvalue weighted by Crippen LogP contribution is -2.16. The van der Waals surface area contributed by atoms with E-state index in [-0.39, 0.29) is 10.6 Å². The van der Waals surface area contributed by atoms with Crippen molar-refractivity contribution in [2.75, 3.05) is 11.9 Å². The van der Waals surface area contributed by atoms with Crippen LogP contribution in [0.3, 0.4) is 0 Å². The van der Waals surface area contributed by atoms with E-state index in [2.05, 4.69) is 48.9 Å². The summed E-state index contributed by atoms with van der Waals surface area (Å²) in [6.07, 6.45) is 0. The molecule has 21 heavy (non-hydrogen) atoms. The first-order chi connectivity index (χ1) is 10.0. The van der Waals surface area contributed by atoms with Gasteiger partial charge >= 0.3 is 0 Å². The van der Waals surface area contributed by atoms with Gasteiger partial charge in [-0.25, -0.2) is 0 Å². The second kappa shape index (κ2) is 7.04. The topological polar surface area (TPSA) is 46.4 Å². The molecule has 6 heteroatoms. The molecule has 0 aliphatic rings. The Bertz CT molecular complexity index is 645. The number of hydrogen-bond acceptors (Lipinski definition) is 3. The Morgan fingerprint density at radius 3 is 2.43 bits per heavy atom. The number of halogens is 2. The second-order valence-corrected chi connectivity index (χ2v) is 6.16. The molecule has 0 aliphatic carbocycles. The van der Waals surface area contributed by atoms with Crippen molar-refractivity contribution in [3.8, 4) is 0 Å². The SMILES string of the molecule is CN(Cc1ccc(Br)cc1)c1ccc([N+](=O)[O-])c(CBr)c1. The van der Waals surface area contributed by atoms with E-state index in [9.17, 15) is 10.1 Å². The summed E-state index contributed by atoms with van der Waals surface area (Å²) < 4.78 is 1.05. The molecule has 0 radical (unpaired) electrons. The molecule has 2 aromatic rings. The number of benzene rings is 2. The third-order valence-corrected chi connectivity index (χ3v) is 4.31. The van der Waals surface area contributed by atoms with Crippen LogP contribution < -0.4 is 4.90 Å². The van der Waals surface area contributed by atoms with Gasteiger partial charge in [-0.1, -0.05) is 44.0 Å². The van der Waals surface area contributed by atoms with Crippen molar-refractivity contribution in [2.24, 2.45) is 0 Å². The maximum absolute atomic E-state index is 11.0. The molecule has 0 fully saturated rings. The van der Waals surface area contributed by atoms with Gasteiger partial charge in [0.05, 0.1) is 4.92 Å². The summed E-state index contributed by atoms with van der Waals surface area (Å²) in [5.41, 5.74) is 2.96. The van der Waals surface area contributed by atoms with Gasteiger partial charge in [0.25, 0.3) is 5.69 Å². The van der Waals surface area contributed by atoms with E-state index in [1.54, 1.807) is 12.1 Å². The van der Waals surface area contributed by atoms with Crippen molar-refractivity contribution in [2.45, 2.75) is 11.9 Å². The average molecular weight is 414 g/mol. The van der Waals surface area contributed by atoms with Gasteiger partial charge in [-0.05, 0) is 29.8 Å². The minimum atomic E-state index is -0.352. The summed E-state index contributed by atoms with van der Waals surface area (Å²) >= 11 is 6.72. The number of anilines is 1. The van der Waals surface area contributed by atoms with Crippen LogP contribution in [0.15, 0.2) is 46.9 Å². The van der Waals surface area contributed by atoms with Crippen LogP contribution in [-0.2, 0) is 11.9 Å². The standard InChI is InChI=1S/C15H14Br2N2O2/c1-18(10-11-2-4-13(17)5-3-11)14-6-7-15(19(20)21)12(8-14)9-16/h2-8H,9-10H2,1H3. The molecule has 0 saturated carbocycles. The van der Waals surface area contributed by atoms with Crippen molar-refractivity contribution in [1.82, 2.24) is 0 Å². The average Bonchev–Trinajstić information content (AvgIpc) is 2.48. The summed E-state index contributed by atoms with van der Waals surface area (Å²) in [7, 11) is 1.97. The molecule has 0 spiro atoms. The maximum atomic E-state index is 11.0. The summed E-state index contributed by atoms with van der Waals surface area (Å²) in [6, 6.07) is 13.3. The van der Waals surface area contributed by atoms with Crippen molar-refractivity contribution < 1.29 is 4.92 Å². The van der Waals surface area contributed by atoms with Crippen LogP contribution in [-0.4, -0.2) is 12.0 Å². The molecule has 0 N–H and O–H groups in total. The normalized spacial score (nSPS) is 10.4. The van der Waals surface area contributed by atoms with Crippen molar-refractivity contribution in [3.05, 3.63) is 68.2 Å². The van der Waals surface area contributed by atoms with Gasteiger partial charge in [0.15, 0.2) is 0 Å². The van der Waals surface area contributed by atoms with E-state index in [0.29, 0.717) is 10.9 Å². The van der Waals surface area contributed by atoms with Crippen LogP contribution in [0.4, 0.5) is 11.4 Å². The summed E-state index contributed by atoms with van der Waals surface area (Å²) in [6.45, 7) is 0.743. The third-order valence-electron chi connectivity index (χ3n) is 3.18. The predicted octanol–water partition coefficient (Wildman–Crippen LogP) is 4.89. The lowest BCUT2D eigenvalue weighted by molar-refractivity contribution is -0.385. The number of nitro benzene ring substituents is 1. The Morgan fingerprint density at radius 1 is 1.19 bits per heavy atom. The largest absolute Gasteiger partial charge is 0.370 e. The summed E-state index contributed by atoms with van der Waals surface area (Å²) in [4.78, 5) is 12.7. The Morgan fingerprint density at radius 2 is 1.86 bits per heavy atom. The van der Waals surface area contributed by atoms with Crippen LogP contribution in [0.2, 0.25) is 0 Å². The number of nitrogens with zero attached hydrogens (tertiary/aromatic N) is 2. The summed E-state index contributed by atoms with van der Waals surface area (Å²) in [5, 5.41) is 11.4. The fourth-order valence-electron chi connectivity index (χ4n) is 2.05. The van der Waals surface area contributed by atoms with Crippen molar-refractivity contribution >= 4 is 43.2 Å². The van der Waals surface area contributed by atoms with Gasteiger partial charge in [-0.2, -0.15) is 0 Å². The van der Waals surface area contributed by atoms with Crippen LogP contribution in [0, 0.1) is 10.1 Å². The first-order valence-corrected chi connectivity index (χ1v) is 8.21. The Labute approximate surface area is 140 Å². The number of nitro groups is 1. The van der Waals surface area contributed by atoms with E-state index in [1.165, 1.54) is 5.56 Å². The molecule has 2 aromatic carbocycles. The molecule has 0 aliphatic heterocycles. The van der Waals surface area contributed by atoms with E-state index < -0.39 is 0 Å². The highest BCUT2D eigenvalue weighted by molar-refractivity contribution is 9.10. The van der Waals surface area contributed by atoms with Crippen LogP contribution in [0.5, 0.6) is 0 Å². The number of hydrogen-bond donors (Lipinski definition) is 0. The van der Waals surface area contributed by atoms with Crippen LogP contribution >= 0.6 is 31.9 Å². The highest BCUT2D eigenvalue weighted by Gasteiger charge is 2.14. The minimum absolute atomic E-state index is 0.146. The highest BCUT2D eigenvalue weighted by atomic mass is 79.9. The zero-order valence-electron chi connectivity index (χ0n) is 11.4. The highest BCUT2D eigenvalue weighted by Crippen LogP contribution is 2.27. The Balaban J connectivity index is 2.21. The minimum Gasteiger partial charge on any atom is -0.370 e. The molecule has 0 heterocycles. The van der Waals surface area contributed by atoms with Crippen LogP contribution in [0.1, 0.15) is 11.1 Å². The quantitative estimate of drug-likeness (QED) is 0.398. The molecule has 0 aromatic heterocycles. The number of alkyl halides is 1. The number of rotatable bonds is 5. The fraction of sp³-hybridized carbons (Fsp3) is 0.200. The smallest absolute Gasteiger partial charge is 0.273 e. The van der Waals surface area contributed by atoms with Gasteiger partial charge in [0.2, 0.25) is 0 Å². The molecule has 0 saturated heterocycles. The van der Waals surface area contributed by atoms with Crippen LogP contribution in [0.25, 0.3) is 0 Å². The molecule has 2 rings (SSSR count). The van der Waals surface area contributed by atoms with E-state index in [0.717, 1.165) is 16.7 Å². The van der Waals surface area contributed by atoms with Gasteiger partial charge in [-0.15, -0.1) is 0 Å². The molecule has 0 unspecified atom stereocenters. The Kier molecular flexibility index (Phi) is 5.36. The van der Waals surface area contributed by atoms with Gasteiger partial charge < -0.3 is 4.90 Å². The van der Waals surface area contributed by atoms with Gasteiger partial charge in [0.1, 0.15) is 0 Å². The van der Waals surface area contributed by atoms with E-state index in [1.807, 2.05) is 25.2 Å². The molecular formula is C15H14Br2N2O2. The zero-order chi connectivity index (χ0) is 15.4. The van der Waals surface area contributed by atoms with Gasteiger partial charge in [-0.3, -0.25) is 10.1 Å². The van der Waals surface area contributed by atoms with Crippen molar-refractivity contribution in [3.63, 3.8) is 0 Å². The molecule has 0 amide bonds.